The lowest BCUT2D eigenvalue weighted by Gasteiger charge is -2.25. The van der Waals surface area contributed by atoms with Gasteiger partial charge in [0.2, 0.25) is 11.8 Å². The molecule has 1 aromatic heterocycles. The number of amides is 2. The number of carboxylic acid groups (broad SMARTS) is 1. The van der Waals surface area contributed by atoms with E-state index in [-0.39, 0.29) is 43.9 Å². The summed E-state index contributed by atoms with van der Waals surface area (Å²) >= 11 is 0. The molecule has 0 fully saturated rings. The molecule has 12 nitrogen and oxygen atoms in total. The molecule has 10 N–H and O–H groups in total. The van der Waals surface area contributed by atoms with Gasteiger partial charge in [-0.25, -0.2) is 4.79 Å². The van der Waals surface area contributed by atoms with Crippen molar-refractivity contribution in [2.45, 2.75) is 31.3 Å². The predicted molar refractivity (Wildman–Crippen MR) is 115 cm³/mol. The fourth-order valence-corrected chi connectivity index (χ4v) is 2.55. The fraction of sp³-hybridized carbons (Fsp3) is 0.450. The number of para-hydroxylation sites is 1. The Morgan fingerprint density at radius 3 is 2.22 bits per heavy atom. The number of hydrogen-bond donors (Lipinski definition) is 8. The highest BCUT2D eigenvalue weighted by Crippen LogP contribution is 2.19. The number of aliphatic hydroxyl groups is 3. The van der Waals surface area contributed by atoms with E-state index in [0.29, 0.717) is 0 Å². The predicted octanol–water partition coefficient (Wildman–Crippen LogP) is -1.84. The number of nitrogens with zero attached hydrogens (tertiary/aromatic N) is 1. The van der Waals surface area contributed by atoms with E-state index in [0.717, 1.165) is 16.5 Å². The summed E-state index contributed by atoms with van der Waals surface area (Å²) in [7, 11) is 1.54. The number of quaternary nitrogens is 1. The fourth-order valence-electron chi connectivity index (χ4n) is 2.55. The highest BCUT2D eigenvalue weighted by molar-refractivity contribution is 5.87. The zero-order chi connectivity index (χ0) is 24.3. The zero-order valence-corrected chi connectivity index (χ0v) is 17.9. The normalized spacial score (nSPS) is 13.0. The van der Waals surface area contributed by atoms with Crippen LogP contribution in [0, 0.1) is 0 Å². The minimum absolute atomic E-state index is 0.0677. The zero-order valence-electron chi connectivity index (χ0n) is 17.9. The third-order valence-corrected chi connectivity index (χ3v) is 4.80. The smallest absolute Gasteiger partial charge is 0.326 e. The van der Waals surface area contributed by atoms with E-state index >= 15 is 0 Å². The summed E-state index contributed by atoms with van der Waals surface area (Å²) in [5.41, 5.74) is 12.2. The molecule has 2 atom stereocenters. The SMILES string of the molecule is C[N+](CO)(CO)CO.NC(=O)[C@H](N)CCC(=O)N[C@H](Cc1c[nH]c2ccccc12)C(=O)O. The molecule has 2 rings (SSSR count). The van der Waals surface area contributed by atoms with Gasteiger partial charge in [0.1, 0.15) is 6.04 Å². The molecule has 0 radical (unpaired) electrons. The Kier molecular flexibility index (Phi) is 10.7. The van der Waals surface area contributed by atoms with Crippen molar-refractivity contribution < 1.29 is 39.3 Å². The number of aliphatic carboxylic acids is 1. The van der Waals surface area contributed by atoms with E-state index in [1.807, 2.05) is 24.3 Å². The summed E-state index contributed by atoms with van der Waals surface area (Å²) in [6.07, 6.45) is 1.88. The van der Waals surface area contributed by atoms with E-state index in [2.05, 4.69) is 10.3 Å². The minimum atomic E-state index is -1.13. The topological polar surface area (TPSA) is 212 Å². The number of hydrogen-bond acceptors (Lipinski definition) is 7. The van der Waals surface area contributed by atoms with E-state index < -0.39 is 29.9 Å². The third-order valence-electron chi connectivity index (χ3n) is 4.80. The molecule has 0 aliphatic rings. The summed E-state index contributed by atoms with van der Waals surface area (Å²) in [6, 6.07) is 5.51. The Hall–Kier alpha value is -3.03. The van der Waals surface area contributed by atoms with E-state index in [4.69, 9.17) is 26.8 Å². The summed E-state index contributed by atoms with van der Waals surface area (Å²) in [4.78, 5) is 37.2. The molecule has 0 aliphatic carbocycles. The monoisotopic (exact) mass is 454 g/mol. The molecule has 1 aromatic carbocycles. The number of aromatic amines is 1. The van der Waals surface area contributed by atoms with Gasteiger partial charge in [0.25, 0.3) is 0 Å². The maximum atomic E-state index is 11.9. The number of aliphatic hydroxyl groups excluding tert-OH is 3. The van der Waals surface area contributed by atoms with Gasteiger partial charge in [-0.1, -0.05) is 18.2 Å². The number of nitrogens with two attached hydrogens (primary N) is 2. The van der Waals surface area contributed by atoms with Crippen LogP contribution in [-0.2, 0) is 20.8 Å². The van der Waals surface area contributed by atoms with Crippen LogP contribution in [0.15, 0.2) is 30.5 Å². The minimum Gasteiger partial charge on any atom is -0.480 e. The quantitative estimate of drug-likeness (QED) is 0.142. The van der Waals surface area contributed by atoms with Crippen LogP contribution in [0.3, 0.4) is 0 Å². The second kappa shape index (κ2) is 12.7. The first kappa shape index (κ1) is 27.0. The lowest BCUT2D eigenvalue weighted by Crippen LogP contribution is -2.46. The van der Waals surface area contributed by atoms with Crippen LogP contribution in [0.25, 0.3) is 10.9 Å². The number of benzene rings is 1. The number of H-pyrrole nitrogens is 1. The van der Waals surface area contributed by atoms with Gasteiger partial charge in [-0.2, -0.15) is 0 Å². The molecule has 2 amide bonds. The first-order valence-corrected chi connectivity index (χ1v) is 9.85. The first-order valence-electron chi connectivity index (χ1n) is 9.85. The molecule has 0 aliphatic heterocycles. The molecule has 0 unspecified atom stereocenters. The molecule has 32 heavy (non-hydrogen) atoms. The number of rotatable bonds is 11. The molecule has 0 saturated carbocycles. The number of carbonyl (C=O) groups is 3. The number of nitrogens with one attached hydrogen (secondary N) is 2. The summed E-state index contributed by atoms with van der Waals surface area (Å²) in [6.45, 7) is -0.729. The van der Waals surface area contributed by atoms with Crippen molar-refractivity contribution in [3.05, 3.63) is 36.0 Å². The number of primary amides is 1. The molecular formula is C20H32N5O7+. The average Bonchev–Trinajstić information content (AvgIpc) is 3.19. The second-order valence-corrected chi connectivity index (χ2v) is 7.61. The Labute approximate surface area is 185 Å². The van der Waals surface area contributed by atoms with Gasteiger partial charge in [-0.05, 0) is 18.1 Å². The van der Waals surface area contributed by atoms with Crippen molar-refractivity contribution in [1.82, 2.24) is 10.3 Å². The van der Waals surface area contributed by atoms with Crippen LogP contribution in [-0.4, -0.2) is 87.0 Å². The molecular weight excluding hydrogens is 422 g/mol. The van der Waals surface area contributed by atoms with Gasteiger partial charge < -0.3 is 42.2 Å². The van der Waals surface area contributed by atoms with Crippen LogP contribution in [0.1, 0.15) is 18.4 Å². The van der Waals surface area contributed by atoms with Crippen molar-refractivity contribution in [3.63, 3.8) is 0 Å². The van der Waals surface area contributed by atoms with Crippen molar-refractivity contribution in [3.8, 4) is 0 Å². The molecule has 178 valence electrons. The summed E-state index contributed by atoms with van der Waals surface area (Å²) in [5, 5.41) is 38.0. The van der Waals surface area contributed by atoms with E-state index in [1.54, 1.807) is 13.2 Å². The lowest BCUT2D eigenvalue weighted by atomic mass is 10.0. The first-order chi connectivity index (χ1) is 15.1. The number of aromatic nitrogens is 1. The average molecular weight is 455 g/mol. The Balaban J connectivity index is 0.000000547. The lowest BCUT2D eigenvalue weighted by molar-refractivity contribution is -0.959. The van der Waals surface area contributed by atoms with E-state index in [9.17, 15) is 19.5 Å². The van der Waals surface area contributed by atoms with E-state index in [1.165, 1.54) is 0 Å². The third kappa shape index (κ3) is 8.24. The molecule has 2 aromatic rings. The van der Waals surface area contributed by atoms with Crippen molar-refractivity contribution >= 4 is 28.7 Å². The summed E-state index contributed by atoms with van der Waals surface area (Å²) in [5.74, 6) is -2.32. The molecule has 12 heteroatoms. The van der Waals surface area contributed by atoms with Crippen molar-refractivity contribution in [1.29, 1.82) is 0 Å². The van der Waals surface area contributed by atoms with Crippen LogP contribution in [0.2, 0.25) is 0 Å². The van der Waals surface area contributed by atoms with Crippen LogP contribution >= 0.6 is 0 Å². The Morgan fingerprint density at radius 1 is 1.12 bits per heavy atom. The van der Waals surface area contributed by atoms with Gasteiger partial charge in [-0.3, -0.25) is 14.1 Å². The van der Waals surface area contributed by atoms with Gasteiger partial charge in [0.15, 0.2) is 20.2 Å². The van der Waals surface area contributed by atoms with Crippen LogP contribution < -0.4 is 16.8 Å². The van der Waals surface area contributed by atoms with Crippen molar-refractivity contribution in [2.75, 3.05) is 27.2 Å². The summed E-state index contributed by atoms with van der Waals surface area (Å²) < 4.78 is -0.125. The molecule has 1 heterocycles. The molecule has 0 spiro atoms. The largest absolute Gasteiger partial charge is 0.480 e. The number of fused-ring (bicyclic) bond motifs is 1. The van der Waals surface area contributed by atoms with Gasteiger partial charge in [0.05, 0.1) is 13.1 Å². The van der Waals surface area contributed by atoms with Gasteiger partial charge in [-0.15, -0.1) is 0 Å². The van der Waals surface area contributed by atoms with Gasteiger partial charge >= 0.3 is 5.97 Å². The molecule has 0 bridgehead atoms. The highest BCUT2D eigenvalue weighted by atomic mass is 16.4. The van der Waals surface area contributed by atoms with Crippen LogP contribution in [0.4, 0.5) is 0 Å². The maximum Gasteiger partial charge on any atom is 0.326 e. The molecule has 0 saturated heterocycles. The van der Waals surface area contributed by atoms with Crippen LogP contribution in [0.5, 0.6) is 0 Å². The number of carbonyl (C=O) groups excluding carboxylic acids is 2. The highest BCUT2D eigenvalue weighted by Gasteiger charge is 2.22. The number of carboxylic acids is 1. The maximum absolute atomic E-state index is 11.9. The second-order valence-electron chi connectivity index (χ2n) is 7.61. The standard InChI is InChI=1S/C16H20N4O4.C4H12NO3/c17-11(15(18)22)5-6-14(21)20-13(16(23)24)7-9-8-19-12-4-2-1-3-10(9)12;1-5(2-6,3-7)4-8/h1-4,8,11,13,19H,5-7,17H2,(H2,18,22)(H,20,21)(H,23,24);6-8H,2-4H2,1H3/q;+1/t11-,13-;/m1./s1. The van der Waals surface area contributed by atoms with Gasteiger partial charge in [0, 0.05) is 29.9 Å². The Morgan fingerprint density at radius 2 is 1.72 bits per heavy atom. The Bertz CT molecular complexity index is 889. The van der Waals surface area contributed by atoms with Crippen molar-refractivity contribution in [2.24, 2.45) is 11.5 Å².